The first-order valence-corrected chi connectivity index (χ1v) is 17.9. The smallest absolute Gasteiger partial charge is 0.164 e. The van der Waals surface area contributed by atoms with Crippen molar-refractivity contribution < 1.29 is 0 Å². The molecule has 0 N–H and O–H groups in total. The van der Waals surface area contributed by atoms with Crippen LogP contribution in [0.3, 0.4) is 0 Å². The fourth-order valence-corrected chi connectivity index (χ4v) is 7.94. The maximum absolute atomic E-state index is 5.18. The van der Waals surface area contributed by atoms with Crippen LogP contribution < -0.4 is 0 Å². The molecule has 0 saturated heterocycles. The van der Waals surface area contributed by atoms with Gasteiger partial charge in [-0.25, -0.2) is 15.0 Å². The van der Waals surface area contributed by atoms with Gasteiger partial charge in [-0.2, -0.15) is 0 Å². The molecule has 9 aromatic carbocycles. The zero-order valence-electron chi connectivity index (χ0n) is 28.6. The number of fused-ring (bicyclic) bond motifs is 8. The van der Waals surface area contributed by atoms with E-state index in [2.05, 4.69) is 187 Å². The van der Waals surface area contributed by atoms with Gasteiger partial charge in [0.05, 0.1) is 11.0 Å². The fraction of sp³-hybridized carbons (Fsp3) is 0. The number of hydrogen-bond acceptors (Lipinski definition) is 3. The van der Waals surface area contributed by atoms with E-state index in [1.54, 1.807) is 0 Å². The Kier molecular flexibility index (Phi) is 6.52. The summed E-state index contributed by atoms with van der Waals surface area (Å²) in [6.45, 7) is 0. The lowest BCUT2D eigenvalue weighted by Gasteiger charge is -2.13. The maximum Gasteiger partial charge on any atom is 0.164 e. The molecule has 0 amide bonds. The Balaban J connectivity index is 1.15. The van der Waals surface area contributed by atoms with E-state index >= 15 is 0 Å². The van der Waals surface area contributed by atoms with Crippen LogP contribution in [0.2, 0.25) is 0 Å². The number of benzene rings is 9. The van der Waals surface area contributed by atoms with E-state index in [1.165, 1.54) is 48.6 Å². The van der Waals surface area contributed by atoms with E-state index in [0.29, 0.717) is 17.5 Å². The Bertz CT molecular complexity index is 3150. The predicted octanol–water partition coefficient (Wildman–Crippen LogP) is 12.6. The van der Waals surface area contributed by atoms with Crippen LogP contribution in [0.4, 0.5) is 0 Å². The molecule has 0 radical (unpaired) electrons. The van der Waals surface area contributed by atoms with Crippen molar-refractivity contribution in [2.45, 2.75) is 0 Å². The lowest BCUT2D eigenvalue weighted by atomic mass is 10.0. The molecular formula is C49H30N4. The molecule has 4 heteroatoms. The summed E-state index contributed by atoms with van der Waals surface area (Å²) in [4.78, 5) is 15.5. The summed E-state index contributed by atoms with van der Waals surface area (Å²) < 4.78 is 2.42. The zero-order valence-corrected chi connectivity index (χ0v) is 28.6. The van der Waals surface area contributed by atoms with Crippen molar-refractivity contribution in [2.24, 2.45) is 0 Å². The summed E-state index contributed by atoms with van der Waals surface area (Å²) in [5.41, 5.74) is 6.23. The molecule has 11 rings (SSSR count). The molecule has 2 heterocycles. The first-order chi connectivity index (χ1) is 26.2. The molecule has 4 nitrogen and oxygen atoms in total. The van der Waals surface area contributed by atoms with Crippen LogP contribution in [0.5, 0.6) is 0 Å². The van der Waals surface area contributed by atoms with Crippen LogP contribution in [0.25, 0.3) is 105 Å². The summed E-state index contributed by atoms with van der Waals surface area (Å²) in [5, 5.41) is 12.0. The maximum atomic E-state index is 5.18. The normalized spacial score (nSPS) is 11.8. The Morgan fingerprint density at radius 2 is 0.792 bits per heavy atom. The highest BCUT2D eigenvalue weighted by molar-refractivity contribution is 6.20. The number of hydrogen-bond donors (Lipinski definition) is 0. The Morgan fingerprint density at radius 1 is 0.302 bits per heavy atom. The minimum Gasteiger partial charge on any atom is -0.309 e. The molecular weight excluding hydrogens is 645 g/mol. The third-order valence-electron chi connectivity index (χ3n) is 10.5. The lowest BCUT2D eigenvalue weighted by Crippen LogP contribution is -2.01. The average molecular weight is 675 g/mol. The van der Waals surface area contributed by atoms with Gasteiger partial charge in [-0.3, -0.25) is 0 Å². The Hall–Kier alpha value is -7.17. The van der Waals surface area contributed by atoms with Crippen molar-refractivity contribution in [1.82, 2.24) is 19.5 Å². The van der Waals surface area contributed by atoms with Crippen molar-refractivity contribution in [1.29, 1.82) is 0 Å². The molecule has 0 saturated carbocycles. The molecule has 0 aliphatic carbocycles. The third kappa shape index (κ3) is 4.88. The molecule has 2 aromatic heterocycles. The van der Waals surface area contributed by atoms with Gasteiger partial charge in [0, 0.05) is 38.5 Å². The van der Waals surface area contributed by atoms with Crippen LogP contribution in [-0.4, -0.2) is 19.5 Å². The van der Waals surface area contributed by atoms with Crippen LogP contribution in [0, 0.1) is 0 Å². The van der Waals surface area contributed by atoms with E-state index in [1.807, 2.05) is 0 Å². The topological polar surface area (TPSA) is 43.6 Å². The van der Waals surface area contributed by atoms with E-state index in [-0.39, 0.29) is 0 Å². The van der Waals surface area contributed by atoms with Crippen molar-refractivity contribution in [3.63, 3.8) is 0 Å². The SMILES string of the molecule is c1cc(-c2nc(-c3ccc4ccccc4c3)nc(-c3ccc4ccccc4c3)n2)cc(-n2c3cc4ccccc4cc3c3ccc4ccccc4c32)c1. The van der Waals surface area contributed by atoms with Gasteiger partial charge < -0.3 is 4.57 Å². The molecule has 0 bridgehead atoms. The molecule has 53 heavy (non-hydrogen) atoms. The van der Waals surface area contributed by atoms with Crippen LogP contribution in [0.15, 0.2) is 182 Å². The molecule has 0 aliphatic rings. The fourth-order valence-electron chi connectivity index (χ4n) is 7.94. The second-order valence-corrected chi connectivity index (χ2v) is 13.7. The second kappa shape index (κ2) is 11.7. The van der Waals surface area contributed by atoms with Gasteiger partial charge in [-0.15, -0.1) is 0 Å². The Morgan fingerprint density at radius 3 is 1.42 bits per heavy atom. The van der Waals surface area contributed by atoms with Gasteiger partial charge in [0.1, 0.15) is 0 Å². The molecule has 0 aliphatic heterocycles. The van der Waals surface area contributed by atoms with E-state index < -0.39 is 0 Å². The largest absolute Gasteiger partial charge is 0.309 e. The quantitative estimate of drug-likeness (QED) is 0.187. The monoisotopic (exact) mass is 674 g/mol. The van der Waals surface area contributed by atoms with Crippen molar-refractivity contribution >= 4 is 64.9 Å². The molecule has 0 atom stereocenters. The molecule has 0 spiro atoms. The van der Waals surface area contributed by atoms with Crippen LogP contribution in [-0.2, 0) is 0 Å². The molecule has 0 fully saturated rings. The summed E-state index contributed by atoms with van der Waals surface area (Å²) in [6, 6.07) is 64.7. The van der Waals surface area contributed by atoms with Gasteiger partial charge in [-0.1, -0.05) is 146 Å². The van der Waals surface area contributed by atoms with Crippen LogP contribution in [0.1, 0.15) is 0 Å². The first-order valence-electron chi connectivity index (χ1n) is 17.9. The summed E-state index contributed by atoms with van der Waals surface area (Å²) in [6.07, 6.45) is 0. The highest BCUT2D eigenvalue weighted by atomic mass is 15.0. The highest BCUT2D eigenvalue weighted by Crippen LogP contribution is 2.39. The third-order valence-corrected chi connectivity index (χ3v) is 10.5. The minimum atomic E-state index is 0.629. The van der Waals surface area contributed by atoms with Gasteiger partial charge in [0.25, 0.3) is 0 Å². The van der Waals surface area contributed by atoms with Gasteiger partial charge in [0.15, 0.2) is 17.5 Å². The van der Waals surface area contributed by atoms with E-state index in [9.17, 15) is 0 Å². The first kappa shape index (κ1) is 29.5. The number of nitrogens with zero attached hydrogens (tertiary/aromatic N) is 4. The van der Waals surface area contributed by atoms with Gasteiger partial charge in [0.2, 0.25) is 0 Å². The molecule has 246 valence electrons. The second-order valence-electron chi connectivity index (χ2n) is 13.7. The number of rotatable bonds is 4. The van der Waals surface area contributed by atoms with Crippen molar-refractivity contribution in [3.05, 3.63) is 182 Å². The van der Waals surface area contributed by atoms with Gasteiger partial charge >= 0.3 is 0 Å². The molecule has 0 unspecified atom stereocenters. The highest BCUT2D eigenvalue weighted by Gasteiger charge is 2.18. The van der Waals surface area contributed by atoms with Crippen LogP contribution >= 0.6 is 0 Å². The van der Waals surface area contributed by atoms with Crippen molar-refractivity contribution in [2.75, 3.05) is 0 Å². The zero-order chi connectivity index (χ0) is 34.9. The Labute approximate surface area is 305 Å². The van der Waals surface area contributed by atoms with Crippen molar-refractivity contribution in [3.8, 4) is 39.9 Å². The average Bonchev–Trinajstić information content (AvgIpc) is 3.56. The van der Waals surface area contributed by atoms with Gasteiger partial charge in [-0.05, 0) is 74.1 Å². The molecule has 11 aromatic rings. The standard InChI is InChI=1S/C49H30N4/c1-3-13-34-26-39(22-20-31(34)10-1)48-50-47(51-49(52-48)40-23-21-32-11-2-4-14-35(32)27-40)38-17-9-18-41(28-38)53-45-30-37-16-6-5-15-36(37)29-44(45)43-25-24-33-12-7-8-19-42(33)46(43)53/h1-30H. The van der Waals surface area contributed by atoms with E-state index in [0.717, 1.165) is 38.7 Å². The van der Waals surface area contributed by atoms with E-state index in [4.69, 9.17) is 15.0 Å². The summed E-state index contributed by atoms with van der Waals surface area (Å²) in [5.74, 6) is 1.91. The summed E-state index contributed by atoms with van der Waals surface area (Å²) in [7, 11) is 0. The predicted molar refractivity (Wildman–Crippen MR) is 220 cm³/mol. The minimum absolute atomic E-state index is 0.629. The number of aromatic nitrogens is 4. The summed E-state index contributed by atoms with van der Waals surface area (Å²) >= 11 is 0. The lowest BCUT2D eigenvalue weighted by molar-refractivity contribution is 1.07.